The van der Waals surface area contributed by atoms with E-state index in [4.69, 9.17) is 0 Å². The van der Waals surface area contributed by atoms with Gasteiger partial charge in [-0.15, -0.1) is 10.0 Å². The van der Waals surface area contributed by atoms with Crippen molar-refractivity contribution in [3.63, 3.8) is 0 Å². The van der Waals surface area contributed by atoms with Crippen LogP contribution in [0.15, 0.2) is 0 Å². The summed E-state index contributed by atoms with van der Waals surface area (Å²) in [6, 6.07) is -0.790. The van der Waals surface area contributed by atoms with Gasteiger partial charge in [0, 0.05) is 0 Å². The number of rotatable bonds is 6. The third-order valence-electron chi connectivity index (χ3n) is 1.71. The van der Waals surface area contributed by atoms with Crippen LogP contribution in [0, 0.1) is 0 Å². The van der Waals surface area contributed by atoms with E-state index < -0.39 is 12.0 Å². The number of esters is 1. The Kier molecular flexibility index (Phi) is 6.66. The highest BCUT2D eigenvalue weighted by Crippen LogP contribution is 2.04. The summed E-state index contributed by atoms with van der Waals surface area (Å²) in [4.78, 5) is 10.8. The van der Waals surface area contributed by atoms with Crippen LogP contribution in [-0.2, 0) is 9.53 Å². The lowest BCUT2D eigenvalue weighted by Gasteiger charge is -2.09. The molecule has 1 atom stereocenters. The van der Waals surface area contributed by atoms with Crippen molar-refractivity contribution in [1.29, 1.82) is 0 Å². The van der Waals surface area contributed by atoms with E-state index in [1.807, 2.05) is 0 Å². The standard InChI is InChI=1S/C8H16FNO2/c1-3-4-5-6-7(10-9)8(11)12-2/h7,10H,3-6H2,1-2H3. The van der Waals surface area contributed by atoms with Crippen LogP contribution >= 0.6 is 0 Å². The predicted octanol–water partition coefficient (Wildman–Crippen LogP) is 1.58. The predicted molar refractivity (Wildman–Crippen MR) is 44.2 cm³/mol. The average Bonchev–Trinajstić information content (AvgIpc) is 2.11. The minimum Gasteiger partial charge on any atom is -0.468 e. The van der Waals surface area contributed by atoms with Crippen molar-refractivity contribution < 1.29 is 14.0 Å². The first kappa shape index (κ1) is 11.4. The minimum atomic E-state index is -0.790. The van der Waals surface area contributed by atoms with Gasteiger partial charge in [0.2, 0.25) is 0 Å². The molecule has 0 amide bonds. The van der Waals surface area contributed by atoms with Crippen LogP contribution in [-0.4, -0.2) is 19.1 Å². The number of unbranched alkanes of at least 4 members (excludes halogenated alkanes) is 2. The fraction of sp³-hybridized carbons (Fsp3) is 0.875. The maximum atomic E-state index is 12.0. The summed E-state index contributed by atoms with van der Waals surface area (Å²) in [6.07, 6.45) is 3.40. The van der Waals surface area contributed by atoms with Crippen LogP contribution in [0.2, 0.25) is 0 Å². The van der Waals surface area contributed by atoms with Gasteiger partial charge in [-0.05, 0) is 6.42 Å². The van der Waals surface area contributed by atoms with Crippen LogP contribution in [0.1, 0.15) is 32.6 Å². The Morgan fingerprint density at radius 2 is 2.25 bits per heavy atom. The van der Waals surface area contributed by atoms with Gasteiger partial charge in [0.05, 0.1) is 7.11 Å². The number of nitrogens with one attached hydrogen (secondary N) is 1. The number of halogens is 1. The molecule has 0 rings (SSSR count). The lowest BCUT2D eigenvalue weighted by Crippen LogP contribution is -2.32. The van der Waals surface area contributed by atoms with Gasteiger partial charge >= 0.3 is 5.97 Å². The van der Waals surface area contributed by atoms with Crippen LogP contribution in [0.4, 0.5) is 4.48 Å². The molecule has 12 heavy (non-hydrogen) atoms. The topological polar surface area (TPSA) is 38.3 Å². The van der Waals surface area contributed by atoms with Crippen LogP contribution < -0.4 is 5.54 Å². The maximum Gasteiger partial charge on any atom is 0.325 e. The van der Waals surface area contributed by atoms with Gasteiger partial charge in [-0.2, -0.15) is 0 Å². The largest absolute Gasteiger partial charge is 0.468 e. The molecule has 72 valence electrons. The third-order valence-corrected chi connectivity index (χ3v) is 1.71. The van der Waals surface area contributed by atoms with E-state index in [-0.39, 0.29) is 0 Å². The molecule has 0 radical (unpaired) electrons. The summed E-state index contributed by atoms with van der Waals surface area (Å²) in [5.74, 6) is -0.534. The quantitative estimate of drug-likeness (QED) is 0.380. The molecule has 0 aromatic heterocycles. The minimum absolute atomic E-state index is 0.497. The van der Waals surface area contributed by atoms with Gasteiger partial charge in [-0.25, -0.2) is 0 Å². The Bertz CT molecular complexity index is 130. The highest BCUT2D eigenvalue weighted by Gasteiger charge is 2.17. The zero-order chi connectivity index (χ0) is 9.40. The van der Waals surface area contributed by atoms with Crippen molar-refractivity contribution in [2.45, 2.75) is 38.6 Å². The fourth-order valence-corrected chi connectivity index (χ4v) is 0.958. The molecule has 0 fully saturated rings. The Hall–Kier alpha value is -0.640. The average molecular weight is 177 g/mol. The molecule has 0 aliphatic heterocycles. The number of carbonyl (C=O) groups excluding carboxylic acids is 1. The Balaban J connectivity index is 3.60. The lowest BCUT2D eigenvalue weighted by atomic mass is 10.1. The van der Waals surface area contributed by atoms with Crippen LogP contribution in [0.25, 0.3) is 0 Å². The van der Waals surface area contributed by atoms with Gasteiger partial charge in [-0.3, -0.25) is 4.79 Å². The Morgan fingerprint density at radius 1 is 1.58 bits per heavy atom. The molecule has 0 aromatic rings. The van der Waals surface area contributed by atoms with Gasteiger partial charge in [0.15, 0.2) is 0 Å². The van der Waals surface area contributed by atoms with E-state index in [0.29, 0.717) is 6.42 Å². The summed E-state index contributed by atoms with van der Waals surface area (Å²) >= 11 is 0. The van der Waals surface area contributed by atoms with E-state index in [2.05, 4.69) is 11.7 Å². The molecular weight excluding hydrogens is 161 g/mol. The van der Waals surface area contributed by atoms with E-state index in [1.165, 1.54) is 12.6 Å². The first-order valence-corrected chi connectivity index (χ1v) is 4.20. The smallest absolute Gasteiger partial charge is 0.325 e. The molecule has 0 spiro atoms. The van der Waals surface area contributed by atoms with Crippen molar-refractivity contribution in [3.8, 4) is 0 Å². The molecule has 0 aliphatic carbocycles. The fourth-order valence-electron chi connectivity index (χ4n) is 0.958. The van der Waals surface area contributed by atoms with Crippen molar-refractivity contribution in [2.75, 3.05) is 7.11 Å². The zero-order valence-electron chi connectivity index (χ0n) is 7.60. The maximum absolute atomic E-state index is 12.0. The summed E-state index contributed by atoms with van der Waals surface area (Å²) in [7, 11) is 1.26. The first-order chi connectivity index (χ1) is 5.76. The molecule has 0 aromatic carbocycles. The number of hydrogen-bond donors (Lipinski definition) is 1. The number of hydrogen-bond acceptors (Lipinski definition) is 3. The molecule has 1 N–H and O–H groups in total. The van der Waals surface area contributed by atoms with Gasteiger partial charge < -0.3 is 4.74 Å². The second-order valence-corrected chi connectivity index (χ2v) is 2.68. The summed E-state index contributed by atoms with van der Waals surface area (Å²) in [5.41, 5.74) is 1.44. The molecule has 0 bridgehead atoms. The second-order valence-electron chi connectivity index (χ2n) is 2.68. The van der Waals surface area contributed by atoms with E-state index in [1.54, 1.807) is 0 Å². The van der Waals surface area contributed by atoms with E-state index in [9.17, 15) is 9.28 Å². The summed E-state index contributed by atoms with van der Waals surface area (Å²) < 4.78 is 16.4. The van der Waals surface area contributed by atoms with Crippen molar-refractivity contribution in [3.05, 3.63) is 0 Å². The SMILES string of the molecule is CCCCCC(NF)C(=O)OC. The molecule has 0 aliphatic rings. The molecule has 0 saturated heterocycles. The molecule has 0 saturated carbocycles. The van der Waals surface area contributed by atoms with Crippen LogP contribution in [0.5, 0.6) is 0 Å². The van der Waals surface area contributed by atoms with Crippen molar-refractivity contribution in [1.82, 2.24) is 5.54 Å². The van der Waals surface area contributed by atoms with Gasteiger partial charge in [0.25, 0.3) is 0 Å². The van der Waals surface area contributed by atoms with Crippen molar-refractivity contribution in [2.24, 2.45) is 0 Å². The number of ether oxygens (including phenoxy) is 1. The number of methoxy groups -OCH3 is 1. The molecule has 3 nitrogen and oxygen atoms in total. The molecule has 4 heteroatoms. The second kappa shape index (κ2) is 7.03. The molecule has 0 heterocycles. The Morgan fingerprint density at radius 3 is 2.67 bits per heavy atom. The molecular formula is C8H16FNO2. The lowest BCUT2D eigenvalue weighted by molar-refractivity contribution is -0.144. The van der Waals surface area contributed by atoms with E-state index >= 15 is 0 Å². The monoisotopic (exact) mass is 177 g/mol. The first-order valence-electron chi connectivity index (χ1n) is 4.20. The normalized spacial score (nSPS) is 12.6. The van der Waals surface area contributed by atoms with Gasteiger partial charge in [0.1, 0.15) is 6.04 Å². The highest BCUT2D eigenvalue weighted by atomic mass is 19.2. The summed E-state index contributed by atoms with van der Waals surface area (Å²) in [5, 5.41) is 0. The van der Waals surface area contributed by atoms with Crippen molar-refractivity contribution >= 4 is 5.97 Å². The van der Waals surface area contributed by atoms with Crippen LogP contribution in [0.3, 0.4) is 0 Å². The van der Waals surface area contributed by atoms with E-state index in [0.717, 1.165) is 19.3 Å². The Labute approximate surface area is 72.2 Å². The number of carbonyl (C=O) groups is 1. The molecule has 1 unspecified atom stereocenters. The van der Waals surface area contributed by atoms with Gasteiger partial charge in [-0.1, -0.05) is 26.2 Å². The third kappa shape index (κ3) is 4.28. The summed E-state index contributed by atoms with van der Waals surface area (Å²) in [6.45, 7) is 2.05. The highest BCUT2D eigenvalue weighted by molar-refractivity contribution is 5.75. The zero-order valence-corrected chi connectivity index (χ0v) is 7.60.